The van der Waals surface area contributed by atoms with Crippen LogP contribution in [0.5, 0.6) is 5.75 Å². The molecule has 0 aliphatic rings. The molecule has 0 aliphatic carbocycles. The molecule has 7 nitrogen and oxygen atoms in total. The van der Waals surface area contributed by atoms with Crippen LogP contribution in [0.4, 0.5) is 5.69 Å². The molecule has 0 saturated heterocycles. The summed E-state index contributed by atoms with van der Waals surface area (Å²) in [6.07, 6.45) is 0.0840. The van der Waals surface area contributed by atoms with Gasteiger partial charge in [-0.25, -0.2) is 5.43 Å². The van der Waals surface area contributed by atoms with Gasteiger partial charge in [-0.3, -0.25) is 14.9 Å². The fourth-order valence-corrected chi connectivity index (χ4v) is 2.11. The number of ether oxygens (including phenoxy) is 1. The molecule has 0 saturated carbocycles. The van der Waals surface area contributed by atoms with Gasteiger partial charge in [0.1, 0.15) is 5.75 Å². The molecule has 1 amide bonds. The molecule has 0 bridgehead atoms. The number of nitro benzene ring substituents is 1. The summed E-state index contributed by atoms with van der Waals surface area (Å²) >= 11 is 0. The monoisotopic (exact) mass is 327 g/mol. The van der Waals surface area contributed by atoms with Crippen LogP contribution in [0.25, 0.3) is 0 Å². The first-order valence-electron chi connectivity index (χ1n) is 7.21. The Hall–Kier alpha value is -3.22. The van der Waals surface area contributed by atoms with Crippen molar-refractivity contribution in [3.05, 3.63) is 69.8 Å². The average molecular weight is 327 g/mol. The summed E-state index contributed by atoms with van der Waals surface area (Å²) in [5.74, 6) is 0.362. The van der Waals surface area contributed by atoms with Crippen molar-refractivity contribution in [2.75, 3.05) is 7.11 Å². The molecule has 2 aromatic carbocycles. The number of nitro groups is 1. The van der Waals surface area contributed by atoms with Crippen LogP contribution >= 0.6 is 0 Å². The van der Waals surface area contributed by atoms with Crippen molar-refractivity contribution < 1.29 is 14.5 Å². The maximum atomic E-state index is 11.9. The van der Waals surface area contributed by atoms with Crippen LogP contribution < -0.4 is 10.2 Å². The van der Waals surface area contributed by atoms with Gasteiger partial charge in [-0.1, -0.05) is 24.3 Å². The number of para-hydroxylation sites is 1. The lowest BCUT2D eigenvalue weighted by molar-refractivity contribution is -0.384. The van der Waals surface area contributed by atoms with Crippen LogP contribution in [0, 0.1) is 10.1 Å². The number of carbonyl (C=O) groups is 1. The molecule has 0 radical (unpaired) electrons. The molecule has 1 N–H and O–H groups in total. The summed E-state index contributed by atoms with van der Waals surface area (Å²) in [6.45, 7) is 1.77. The molecule has 0 aromatic heterocycles. The zero-order valence-electron chi connectivity index (χ0n) is 13.4. The molecule has 0 spiro atoms. The minimum absolute atomic E-state index is 0.0100. The van der Waals surface area contributed by atoms with Gasteiger partial charge in [0.05, 0.1) is 24.2 Å². The van der Waals surface area contributed by atoms with E-state index >= 15 is 0 Å². The average Bonchev–Trinajstić information content (AvgIpc) is 2.60. The Kier molecular flexibility index (Phi) is 5.62. The van der Waals surface area contributed by atoms with Gasteiger partial charge in [0.15, 0.2) is 0 Å². The minimum atomic E-state index is -0.481. The molecule has 0 unspecified atom stereocenters. The highest BCUT2D eigenvalue weighted by atomic mass is 16.6. The molecule has 24 heavy (non-hydrogen) atoms. The molecule has 2 rings (SSSR count). The van der Waals surface area contributed by atoms with Gasteiger partial charge in [-0.15, -0.1) is 0 Å². The molecular formula is C17H17N3O4. The Morgan fingerprint density at radius 2 is 1.88 bits per heavy atom. The predicted molar refractivity (Wildman–Crippen MR) is 90.1 cm³/mol. The first-order chi connectivity index (χ1) is 11.5. The lowest BCUT2D eigenvalue weighted by Gasteiger charge is -2.08. The highest BCUT2D eigenvalue weighted by Crippen LogP contribution is 2.18. The van der Waals surface area contributed by atoms with Gasteiger partial charge in [0.25, 0.3) is 5.69 Å². The van der Waals surface area contributed by atoms with E-state index < -0.39 is 4.92 Å². The maximum Gasteiger partial charge on any atom is 0.269 e. The summed E-state index contributed by atoms with van der Waals surface area (Å²) in [6, 6.07) is 13.2. The predicted octanol–water partition coefficient (Wildman–Crippen LogP) is 2.69. The third-order valence-electron chi connectivity index (χ3n) is 3.36. The number of hydrogen-bond acceptors (Lipinski definition) is 5. The van der Waals surface area contributed by atoms with Crippen molar-refractivity contribution in [2.24, 2.45) is 5.10 Å². The number of nitrogens with one attached hydrogen (secondary N) is 1. The Morgan fingerprint density at radius 1 is 1.21 bits per heavy atom. The number of non-ortho nitro benzene ring substituents is 1. The number of benzene rings is 2. The Labute approximate surface area is 139 Å². The van der Waals surface area contributed by atoms with Gasteiger partial charge < -0.3 is 4.74 Å². The van der Waals surface area contributed by atoms with Crippen molar-refractivity contribution in [1.82, 2.24) is 5.43 Å². The van der Waals surface area contributed by atoms with Crippen molar-refractivity contribution in [3.8, 4) is 5.75 Å². The van der Waals surface area contributed by atoms with Crippen molar-refractivity contribution >= 4 is 17.3 Å². The van der Waals surface area contributed by atoms with Crippen molar-refractivity contribution in [1.29, 1.82) is 0 Å². The van der Waals surface area contributed by atoms with Crippen LogP contribution in [0.3, 0.4) is 0 Å². The summed E-state index contributed by atoms with van der Waals surface area (Å²) in [4.78, 5) is 22.1. The summed E-state index contributed by atoms with van der Waals surface area (Å²) < 4.78 is 5.25. The van der Waals surface area contributed by atoms with E-state index in [0.717, 1.165) is 5.56 Å². The lowest BCUT2D eigenvalue weighted by atomic mass is 10.1. The van der Waals surface area contributed by atoms with Crippen LogP contribution in [0.15, 0.2) is 53.6 Å². The quantitative estimate of drug-likeness (QED) is 0.501. The molecule has 0 heterocycles. The van der Waals surface area contributed by atoms with Crippen LogP contribution in [-0.2, 0) is 11.2 Å². The summed E-state index contributed by atoms with van der Waals surface area (Å²) in [5.41, 5.74) is 4.54. The maximum absolute atomic E-state index is 11.9. The van der Waals surface area contributed by atoms with Gasteiger partial charge >= 0.3 is 0 Å². The Balaban J connectivity index is 2.00. The van der Waals surface area contributed by atoms with Gasteiger partial charge in [-0.2, -0.15) is 5.10 Å². The van der Waals surface area contributed by atoms with E-state index in [2.05, 4.69) is 10.5 Å². The zero-order valence-corrected chi connectivity index (χ0v) is 13.4. The molecule has 7 heteroatoms. The van der Waals surface area contributed by atoms with E-state index in [1.165, 1.54) is 12.1 Å². The third-order valence-corrected chi connectivity index (χ3v) is 3.36. The molecule has 124 valence electrons. The van der Waals surface area contributed by atoms with Crippen molar-refractivity contribution in [3.63, 3.8) is 0 Å². The van der Waals surface area contributed by atoms with Crippen LogP contribution in [-0.4, -0.2) is 23.7 Å². The highest BCUT2D eigenvalue weighted by Gasteiger charge is 2.08. The second-order valence-electron chi connectivity index (χ2n) is 5.03. The largest absolute Gasteiger partial charge is 0.496 e. The number of hydrazone groups is 1. The second-order valence-corrected chi connectivity index (χ2v) is 5.03. The minimum Gasteiger partial charge on any atom is -0.496 e. The third kappa shape index (κ3) is 4.39. The van der Waals surface area contributed by atoms with Crippen molar-refractivity contribution in [2.45, 2.75) is 13.3 Å². The molecule has 2 aromatic rings. The second kappa shape index (κ2) is 7.87. The standard InChI is InChI=1S/C17H17N3O4/c1-12(15-5-3-4-6-16(15)24-2)18-19-17(21)11-13-7-9-14(10-8-13)20(22)23/h3-10H,11H2,1-2H3,(H,19,21)/b18-12+. The number of methoxy groups -OCH3 is 1. The Bertz CT molecular complexity index is 770. The van der Waals surface area contributed by atoms with Gasteiger partial charge in [0.2, 0.25) is 5.91 Å². The van der Waals surface area contributed by atoms with Crippen LogP contribution in [0.2, 0.25) is 0 Å². The number of hydrogen-bond donors (Lipinski definition) is 1. The fourth-order valence-electron chi connectivity index (χ4n) is 2.11. The van der Waals surface area contributed by atoms with Crippen LogP contribution in [0.1, 0.15) is 18.1 Å². The Morgan fingerprint density at radius 3 is 2.50 bits per heavy atom. The lowest BCUT2D eigenvalue weighted by Crippen LogP contribution is -2.21. The van der Waals surface area contributed by atoms with Gasteiger partial charge in [-0.05, 0) is 24.6 Å². The van der Waals surface area contributed by atoms with Gasteiger partial charge in [0, 0.05) is 17.7 Å². The normalized spacial score (nSPS) is 11.0. The first-order valence-corrected chi connectivity index (χ1v) is 7.21. The number of carbonyl (C=O) groups excluding carboxylic acids is 1. The van der Waals surface area contributed by atoms with E-state index in [9.17, 15) is 14.9 Å². The molecule has 0 aliphatic heterocycles. The number of amides is 1. The number of nitrogens with zero attached hydrogens (tertiary/aromatic N) is 2. The molecule has 0 atom stereocenters. The summed E-state index contributed by atoms with van der Waals surface area (Å²) in [7, 11) is 1.57. The first kappa shape index (κ1) is 17.1. The topological polar surface area (TPSA) is 93.8 Å². The van der Waals surface area contributed by atoms with E-state index in [1.54, 1.807) is 26.2 Å². The molecular weight excluding hydrogens is 310 g/mol. The van der Waals surface area contributed by atoms with E-state index in [-0.39, 0.29) is 18.0 Å². The molecule has 0 fully saturated rings. The van der Waals surface area contributed by atoms with E-state index in [0.29, 0.717) is 17.0 Å². The summed E-state index contributed by atoms with van der Waals surface area (Å²) in [5, 5.41) is 14.7. The SMILES string of the molecule is COc1ccccc1/C(C)=N/NC(=O)Cc1ccc([N+](=O)[O-])cc1. The van der Waals surface area contributed by atoms with E-state index in [4.69, 9.17) is 4.74 Å². The fraction of sp³-hybridized carbons (Fsp3) is 0.176. The zero-order chi connectivity index (χ0) is 17.5. The highest BCUT2D eigenvalue weighted by molar-refractivity contribution is 6.01. The smallest absolute Gasteiger partial charge is 0.269 e. The van der Waals surface area contributed by atoms with E-state index in [1.807, 2.05) is 24.3 Å². The number of rotatable bonds is 6.